The third kappa shape index (κ3) is 3.25. The molecule has 3 nitrogen and oxygen atoms in total. The highest BCUT2D eigenvalue weighted by Crippen LogP contribution is 2.30. The lowest BCUT2D eigenvalue weighted by Crippen LogP contribution is -2.43. The minimum atomic E-state index is 0.334. The second-order valence-electron chi connectivity index (χ2n) is 6.26. The number of likely N-dealkylation sites (tertiary alicyclic amines) is 1. The van der Waals surface area contributed by atoms with Crippen molar-refractivity contribution in [3.05, 3.63) is 0 Å². The van der Waals surface area contributed by atoms with Gasteiger partial charge in [0.15, 0.2) is 0 Å². The Balaban J connectivity index is 1.84. The summed E-state index contributed by atoms with van der Waals surface area (Å²) in [6, 6.07) is 1.14. The molecule has 0 aromatic heterocycles. The molecule has 4 unspecified atom stereocenters. The number of rotatable bonds is 6. The number of hydrogen-bond donors (Lipinski definition) is 2. The van der Waals surface area contributed by atoms with Gasteiger partial charge in [-0.1, -0.05) is 20.3 Å². The van der Waals surface area contributed by atoms with Crippen LogP contribution in [0.15, 0.2) is 0 Å². The summed E-state index contributed by atoms with van der Waals surface area (Å²) in [5.74, 6) is 1.47. The van der Waals surface area contributed by atoms with Gasteiger partial charge in [0.1, 0.15) is 0 Å². The van der Waals surface area contributed by atoms with Gasteiger partial charge < -0.3 is 10.4 Å². The first-order chi connectivity index (χ1) is 8.76. The third-order valence-electron chi connectivity index (χ3n) is 4.97. The Morgan fingerprint density at radius 3 is 2.83 bits per heavy atom. The van der Waals surface area contributed by atoms with E-state index < -0.39 is 0 Å². The zero-order valence-electron chi connectivity index (χ0n) is 12.1. The van der Waals surface area contributed by atoms with Crippen molar-refractivity contribution >= 4 is 0 Å². The van der Waals surface area contributed by atoms with E-state index in [1.165, 1.54) is 45.2 Å². The second-order valence-corrected chi connectivity index (χ2v) is 6.26. The lowest BCUT2D eigenvalue weighted by atomic mass is 10.0. The highest BCUT2D eigenvalue weighted by molar-refractivity contribution is 4.90. The smallest absolute Gasteiger partial charge is 0.0589 e. The molecular weight excluding hydrogens is 224 g/mol. The Bertz CT molecular complexity index is 247. The zero-order chi connectivity index (χ0) is 13.0. The topological polar surface area (TPSA) is 35.5 Å². The molecular formula is C15H30N2O. The molecule has 1 saturated heterocycles. The van der Waals surface area contributed by atoms with Gasteiger partial charge in [0.25, 0.3) is 0 Å². The van der Waals surface area contributed by atoms with Crippen LogP contribution in [0.2, 0.25) is 0 Å². The molecule has 2 fully saturated rings. The monoisotopic (exact) mass is 254 g/mol. The van der Waals surface area contributed by atoms with Crippen molar-refractivity contribution in [2.45, 2.75) is 58.0 Å². The van der Waals surface area contributed by atoms with Crippen LogP contribution in [0.4, 0.5) is 0 Å². The maximum Gasteiger partial charge on any atom is 0.0589 e. The van der Waals surface area contributed by atoms with E-state index in [0.717, 1.165) is 18.5 Å². The van der Waals surface area contributed by atoms with Crippen molar-refractivity contribution in [1.82, 2.24) is 10.2 Å². The maximum atomic E-state index is 9.53. The van der Waals surface area contributed by atoms with E-state index in [4.69, 9.17) is 0 Å². The first kappa shape index (κ1) is 14.3. The molecule has 0 bridgehead atoms. The molecule has 2 aliphatic rings. The standard InChI is InChI=1S/C15H30N2O/c1-3-8-16-14-6-4-5-13(14)10-17-9-7-12(2)15(17)11-18/h12-16,18H,3-11H2,1-2H3. The summed E-state index contributed by atoms with van der Waals surface area (Å²) >= 11 is 0. The number of aliphatic hydroxyl groups excluding tert-OH is 1. The van der Waals surface area contributed by atoms with Crippen LogP contribution in [0.5, 0.6) is 0 Å². The van der Waals surface area contributed by atoms with Crippen LogP contribution in [-0.4, -0.2) is 48.3 Å². The van der Waals surface area contributed by atoms with Crippen molar-refractivity contribution in [3.63, 3.8) is 0 Å². The van der Waals surface area contributed by atoms with Crippen molar-refractivity contribution in [3.8, 4) is 0 Å². The molecule has 0 aromatic rings. The summed E-state index contributed by atoms with van der Waals surface area (Å²) in [5.41, 5.74) is 0. The van der Waals surface area contributed by atoms with Gasteiger partial charge in [-0.05, 0) is 50.6 Å². The predicted octanol–water partition coefficient (Wildman–Crippen LogP) is 1.86. The van der Waals surface area contributed by atoms with Gasteiger partial charge in [-0.2, -0.15) is 0 Å². The summed E-state index contributed by atoms with van der Waals surface area (Å²) < 4.78 is 0. The number of aliphatic hydroxyl groups is 1. The first-order valence-electron chi connectivity index (χ1n) is 7.84. The van der Waals surface area contributed by atoms with Crippen LogP contribution in [-0.2, 0) is 0 Å². The normalized spacial score (nSPS) is 37.5. The zero-order valence-corrected chi connectivity index (χ0v) is 12.1. The summed E-state index contributed by atoms with van der Waals surface area (Å²) in [6.45, 7) is 8.38. The van der Waals surface area contributed by atoms with Crippen LogP contribution >= 0.6 is 0 Å². The Morgan fingerprint density at radius 2 is 2.11 bits per heavy atom. The molecule has 4 atom stereocenters. The van der Waals surface area contributed by atoms with Crippen LogP contribution in [0.1, 0.15) is 46.0 Å². The largest absolute Gasteiger partial charge is 0.395 e. The fraction of sp³-hybridized carbons (Fsp3) is 1.00. The van der Waals surface area contributed by atoms with E-state index in [1.54, 1.807) is 0 Å². The fourth-order valence-electron chi connectivity index (χ4n) is 3.76. The van der Waals surface area contributed by atoms with Gasteiger partial charge in [-0.15, -0.1) is 0 Å². The van der Waals surface area contributed by atoms with E-state index in [1.807, 2.05) is 0 Å². The summed E-state index contributed by atoms with van der Waals surface area (Å²) in [4.78, 5) is 2.54. The van der Waals surface area contributed by atoms with Gasteiger partial charge in [0.2, 0.25) is 0 Å². The minimum Gasteiger partial charge on any atom is -0.395 e. The molecule has 2 rings (SSSR count). The Labute approximate surface area is 112 Å². The molecule has 18 heavy (non-hydrogen) atoms. The number of nitrogens with one attached hydrogen (secondary N) is 1. The van der Waals surface area contributed by atoms with Crippen LogP contribution < -0.4 is 5.32 Å². The Morgan fingerprint density at radius 1 is 1.28 bits per heavy atom. The highest BCUT2D eigenvalue weighted by atomic mass is 16.3. The molecule has 1 heterocycles. The quantitative estimate of drug-likeness (QED) is 0.759. The van der Waals surface area contributed by atoms with Crippen LogP contribution in [0, 0.1) is 11.8 Å². The summed E-state index contributed by atoms with van der Waals surface area (Å²) in [7, 11) is 0. The van der Waals surface area contributed by atoms with E-state index >= 15 is 0 Å². The van der Waals surface area contributed by atoms with Gasteiger partial charge in [0.05, 0.1) is 6.61 Å². The minimum absolute atomic E-state index is 0.334. The average Bonchev–Trinajstić information content (AvgIpc) is 2.94. The van der Waals surface area contributed by atoms with Gasteiger partial charge in [0, 0.05) is 18.6 Å². The number of hydrogen-bond acceptors (Lipinski definition) is 3. The van der Waals surface area contributed by atoms with Crippen molar-refractivity contribution in [1.29, 1.82) is 0 Å². The summed E-state index contributed by atoms with van der Waals surface area (Å²) in [6.07, 6.45) is 6.57. The molecule has 1 aliphatic carbocycles. The number of nitrogens with zero attached hydrogens (tertiary/aromatic N) is 1. The third-order valence-corrected chi connectivity index (χ3v) is 4.97. The molecule has 1 aliphatic heterocycles. The van der Waals surface area contributed by atoms with Crippen LogP contribution in [0.25, 0.3) is 0 Å². The first-order valence-corrected chi connectivity index (χ1v) is 7.84. The molecule has 0 spiro atoms. The van der Waals surface area contributed by atoms with Crippen molar-refractivity contribution < 1.29 is 5.11 Å². The van der Waals surface area contributed by atoms with Crippen molar-refractivity contribution in [2.24, 2.45) is 11.8 Å². The average molecular weight is 254 g/mol. The van der Waals surface area contributed by atoms with Gasteiger partial charge in [-0.25, -0.2) is 0 Å². The Kier molecular flexibility index (Phi) is 5.46. The lowest BCUT2D eigenvalue weighted by Gasteiger charge is -2.30. The van der Waals surface area contributed by atoms with Crippen molar-refractivity contribution in [2.75, 3.05) is 26.2 Å². The SMILES string of the molecule is CCCNC1CCCC1CN1CCC(C)C1CO. The van der Waals surface area contributed by atoms with E-state index in [9.17, 15) is 5.11 Å². The molecule has 0 radical (unpaired) electrons. The second kappa shape index (κ2) is 6.88. The molecule has 1 saturated carbocycles. The van der Waals surface area contributed by atoms with Crippen LogP contribution in [0.3, 0.4) is 0 Å². The van der Waals surface area contributed by atoms with E-state index in [-0.39, 0.29) is 0 Å². The molecule has 2 N–H and O–H groups in total. The highest BCUT2D eigenvalue weighted by Gasteiger charge is 2.35. The molecule has 106 valence electrons. The lowest BCUT2D eigenvalue weighted by molar-refractivity contribution is 0.120. The summed E-state index contributed by atoms with van der Waals surface area (Å²) in [5, 5.41) is 13.2. The Hall–Kier alpha value is -0.120. The van der Waals surface area contributed by atoms with Gasteiger partial charge in [-0.3, -0.25) is 4.90 Å². The predicted molar refractivity (Wildman–Crippen MR) is 75.7 cm³/mol. The maximum absolute atomic E-state index is 9.53. The molecule has 3 heteroatoms. The van der Waals surface area contributed by atoms with E-state index in [2.05, 4.69) is 24.1 Å². The molecule has 0 aromatic carbocycles. The fourth-order valence-corrected chi connectivity index (χ4v) is 3.76. The van der Waals surface area contributed by atoms with Gasteiger partial charge >= 0.3 is 0 Å². The molecule has 0 amide bonds. The van der Waals surface area contributed by atoms with E-state index in [0.29, 0.717) is 18.6 Å².